The molecule has 4 atom stereocenters. The molecule has 4 amide bonds. The number of benzene rings is 4. The number of ketones is 1. The maximum absolute atomic E-state index is 15.3. The third-order valence-corrected chi connectivity index (χ3v) is 10.2. The summed E-state index contributed by atoms with van der Waals surface area (Å²) in [5.41, 5.74) is 2.60. The predicted octanol–water partition coefficient (Wildman–Crippen LogP) is 6.46. The fourth-order valence-corrected chi connectivity index (χ4v) is 7.65. The van der Waals surface area contributed by atoms with Gasteiger partial charge in [-0.05, 0) is 97.2 Å². The first-order valence-electron chi connectivity index (χ1n) is 17.9. The van der Waals surface area contributed by atoms with Crippen molar-refractivity contribution in [3.05, 3.63) is 118 Å². The van der Waals surface area contributed by atoms with E-state index >= 15 is 4.79 Å². The number of fused-ring (bicyclic) bond motifs is 2. The van der Waals surface area contributed by atoms with Crippen LogP contribution in [0.15, 0.2) is 84.9 Å². The summed E-state index contributed by atoms with van der Waals surface area (Å²) in [6.07, 6.45) is 1.12. The minimum absolute atomic E-state index is 0.0857. The van der Waals surface area contributed by atoms with Gasteiger partial charge in [-0.15, -0.1) is 0 Å². The highest BCUT2D eigenvalue weighted by molar-refractivity contribution is 6.25. The molecule has 11 nitrogen and oxygen atoms in total. The van der Waals surface area contributed by atoms with Gasteiger partial charge in [0.05, 0.1) is 50.7 Å². The Labute approximate surface area is 314 Å². The van der Waals surface area contributed by atoms with E-state index in [2.05, 4.69) is 0 Å². The number of carbonyl (C=O) groups excluding carboxylic acids is 5. The van der Waals surface area contributed by atoms with E-state index in [0.717, 1.165) is 20.9 Å². The van der Waals surface area contributed by atoms with Crippen LogP contribution in [0.5, 0.6) is 23.0 Å². The van der Waals surface area contributed by atoms with E-state index in [9.17, 15) is 19.2 Å². The van der Waals surface area contributed by atoms with Gasteiger partial charge < -0.3 is 18.9 Å². The summed E-state index contributed by atoms with van der Waals surface area (Å²) >= 11 is 0. The SMILES string of the molecule is COc1ccc(CC(C)C[C@@H](C(=O)[C@H](CC(C)Cc2ccc(OC)c(OC)c2)N2C(=O)c3ccccc3C2=O)N2C(=O)c3ccccc3C2=O)cc1OC. The van der Waals surface area contributed by atoms with E-state index in [-0.39, 0.29) is 46.9 Å². The molecule has 4 aromatic rings. The second-order valence-electron chi connectivity index (χ2n) is 14.0. The molecular formula is C43H44N2O9. The molecule has 4 aromatic carbocycles. The topological polar surface area (TPSA) is 129 Å². The molecule has 2 heterocycles. The number of hydrogen-bond acceptors (Lipinski definition) is 9. The van der Waals surface area contributed by atoms with Gasteiger partial charge in [-0.2, -0.15) is 0 Å². The van der Waals surface area contributed by atoms with Crippen LogP contribution in [0.3, 0.4) is 0 Å². The fourth-order valence-electron chi connectivity index (χ4n) is 7.65. The molecule has 54 heavy (non-hydrogen) atoms. The smallest absolute Gasteiger partial charge is 0.262 e. The maximum atomic E-state index is 15.3. The van der Waals surface area contributed by atoms with Crippen molar-refractivity contribution in [2.75, 3.05) is 28.4 Å². The lowest BCUT2D eigenvalue weighted by molar-refractivity contribution is -0.128. The molecule has 0 spiro atoms. The second-order valence-corrected chi connectivity index (χ2v) is 14.0. The average molecular weight is 733 g/mol. The predicted molar refractivity (Wildman–Crippen MR) is 201 cm³/mol. The Balaban J connectivity index is 1.38. The average Bonchev–Trinajstić information content (AvgIpc) is 3.59. The number of amides is 4. The summed E-state index contributed by atoms with van der Waals surface area (Å²) in [6, 6.07) is 21.5. The number of nitrogens with zero attached hydrogens (tertiary/aromatic N) is 2. The van der Waals surface area contributed by atoms with Crippen LogP contribution in [0.4, 0.5) is 0 Å². The fraction of sp³-hybridized carbons (Fsp3) is 0.326. The third-order valence-electron chi connectivity index (χ3n) is 10.2. The quantitative estimate of drug-likeness (QED) is 0.119. The number of Topliss-reactive ketones (excluding diaryl/α,β-unsaturated/α-hetero) is 1. The van der Waals surface area contributed by atoms with Crippen LogP contribution < -0.4 is 18.9 Å². The van der Waals surface area contributed by atoms with Crippen LogP contribution >= 0.6 is 0 Å². The first-order valence-corrected chi connectivity index (χ1v) is 17.9. The number of ether oxygens (including phenoxy) is 4. The van der Waals surface area contributed by atoms with E-state index in [4.69, 9.17) is 18.9 Å². The molecule has 2 aliphatic rings. The summed E-state index contributed by atoms with van der Waals surface area (Å²) in [4.78, 5) is 73.4. The molecule has 0 fully saturated rings. The van der Waals surface area contributed by atoms with Gasteiger partial charge >= 0.3 is 0 Å². The summed E-state index contributed by atoms with van der Waals surface area (Å²) in [5, 5.41) is 0. The summed E-state index contributed by atoms with van der Waals surface area (Å²) in [7, 11) is 6.21. The number of imide groups is 2. The minimum atomic E-state index is -1.28. The van der Waals surface area contributed by atoms with E-state index in [0.29, 0.717) is 35.8 Å². The Morgan fingerprint density at radius 2 is 0.815 bits per heavy atom. The van der Waals surface area contributed by atoms with Gasteiger partial charge in [0.2, 0.25) is 0 Å². The molecule has 11 heteroatoms. The third kappa shape index (κ3) is 7.18. The summed E-state index contributed by atoms with van der Waals surface area (Å²) in [5.74, 6) is -1.18. The Kier molecular flexibility index (Phi) is 11.2. The van der Waals surface area contributed by atoms with Gasteiger partial charge in [0.15, 0.2) is 28.8 Å². The molecule has 0 N–H and O–H groups in total. The van der Waals surface area contributed by atoms with Crippen LogP contribution in [-0.4, -0.2) is 79.7 Å². The lowest BCUT2D eigenvalue weighted by Gasteiger charge is -2.34. The maximum Gasteiger partial charge on any atom is 0.262 e. The van der Waals surface area contributed by atoms with Gasteiger partial charge in [0.25, 0.3) is 23.6 Å². The van der Waals surface area contributed by atoms with Crippen molar-refractivity contribution in [2.45, 2.75) is 51.6 Å². The molecular weight excluding hydrogens is 688 g/mol. The molecule has 0 aromatic heterocycles. The molecule has 0 saturated heterocycles. The minimum Gasteiger partial charge on any atom is -0.493 e. The van der Waals surface area contributed by atoms with Gasteiger partial charge in [-0.3, -0.25) is 33.8 Å². The van der Waals surface area contributed by atoms with Crippen molar-refractivity contribution in [1.82, 2.24) is 9.80 Å². The first kappa shape index (κ1) is 37.8. The van der Waals surface area contributed by atoms with Crippen LogP contribution in [0.2, 0.25) is 0 Å². The van der Waals surface area contributed by atoms with E-state index < -0.39 is 41.5 Å². The lowest BCUT2D eigenvalue weighted by Crippen LogP contribution is -2.55. The zero-order valence-electron chi connectivity index (χ0n) is 31.3. The molecule has 0 radical (unpaired) electrons. The first-order chi connectivity index (χ1) is 26.0. The molecule has 280 valence electrons. The largest absolute Gasteiger partial charge is 0.493 e. The molecule has 0 aliphatic carbocycles. The zero-order valence-corrected chi connectivity index (χ0v) is 31.3. The Morgan fingerprint density at radius 1 is 0.500 bits per heavy atom. The zero-order chi connectivity index (χ0) is 38.7. The number of carbonyl (C=O) groups is 5. The van der Waals surface area contributed by atoms with E-state index in [1.165, 1.54) is 0 Å². The van der Waals surface area contributed by atoms with Crippen molar-refractivity contribution in [3.8, 4) is 23.0 Å². The van der Waals surface area contributed by atoms with Gasteiger partial charge in [-0.1, -0.05) is 50.2 Å². The Hall–Kier alpha value is -5.97. The van der Waals surface area contributed by atoms with Crippen LogP contribution in [0, 0.1) is 11.8 Å². The van der Waals surface area contributed by atoms with Gasteiger partial charge in [0, 0.05) is 0 Å². The standard InChI is InChI=1S/C43H44N2O9/c1-25(19-27-15-17-35(51-3)37(23-27)53-5)21-33(44-40(47)29-11-7-8-12-30(29)41(44)48)39(46)34(45-42(49)31-13-9-10-14-32(31)43(45)50)22-26(2)20-28-16-18-36(52-4)38(24-28)54-6/h7-18,23-26,33-34H,19-22H2,1-6H3/t25?,26?,33-,34-/m0/s1. The Bertz CT molecular complexity index is 1890. The monoisotopic (exact) mass is 732 g/mol. The highest BCUT2D eigenvalue weighted by Gasteiger charge is 2.49. The van der Waals surface area contributed by atoms with Gasteiger partial charge in [-0.25, -0.2) is 0 Å². The van der Waals surface area contributed by atoms with Crippen LogP contribution in [-0.2, 0) is 17.6 Å². The van der Waals surface area contributed by atoms with Crippen molar-refractivity contribution in [3.63, 3.8) is 0 Å². The Morgan fingerprint density at radius 3 is 1.11 bits per heavy atom. The van der Waals surface area contributed by atoms with Crippen LogP contribution in [0.1, 0.15) is 79.2 Å². The van der Waals surface area contributed by atoms with E-state index in [1.54, 1.807) is 89.1 Å². The highest BCUT2D eigenvalue weighted by Crippen LogP contribution is 2.35. The number of methoxy groups -OCH3 is 4. The lowest BCUT2D eigenvalue weighted by atomic mass is 9.85. The van der Waals surface area contributed by atoms with E-state index in [1.807, 2.05) is 38.1 Å². The molecule has 0 saturated carbocycles. The highest BCUT2D eigenvalue weighted by atomic mass is 16.5. The molecule has 2 unspecified atom stereocenters. The molecule has 6 rings (SSSR count). The van der Waals surface area contributed by atoms with Crippen molar-refractivity contribution in [1.29, 1.82) is 0 Å². The normalized spacial score (nSPS) is 15.7. The number of rotatable bonds is 16. The summed E-state index contributed by atoms with van der Waals surface area (Å²) < 4.78 is 21.8. The molecule has 2 aliphatic heterocycles. The van der Waals surface area contributed by atoms with Crippen LogP contribution in [0.25, 0.3) is 0 Å². The summed E-state index contributed by atoms with van der Waals surface area (Å²) in [6.45, 7) is 3.87. The van der Waals surface area contributed by atoms with Gasteiger partial charge in [0.1, 0.15) is 12.1 Å². The second kappa shape index (κ2) is 16.0. The van der Waals surface area contributed by atoms with Crippen molar-refractivity contribution in [2.24, 2.45) is 11.8 Å². The number of hydrogen-bond donors (Lipinski definition) is 0. The van der Waals surface area contributed by atoms with Crippen molar-refractivity contribution < 1.29 is 42.9 Å². The van der Waals surface area contributed by atoms with Crippen molar-refractivity contribution >= 4 is 29.4 Å². The molecule has 0 bridgehead atoms.